The molecule has 3 rings (SSSR count). The molecule has 0 aliphatic carbocycles. The van der Waals surface area contributed by atoms with Crippen LogP contribution in [-0.4, -0.2) is 46.4 Å². The fourth-order valence-electron chi connectivity index (χ4n) is 2.95. The van der Waals surface area contributed by atoms with Gasteiger partial charge in [-0.15, -0.1) is 11.3 Å². The van der Waals surface area contributed by atoms with Crippen LogP contribution in [0.3, 0.4) is 0 Å². The minimum atomic E-state index is 0.0781. The number of piperidine rings is 1. The summed E-state index contributed by atoms with van der Waals surface area (Å²) in [4.78, 5) is 19.9. The zero-order chi connectivity index (χ0) is 14.7. The fraction of sp³-hybridized carbons (Fsp3) is 0.600. The molecule has 1 saturated heterocycles. The number of rotatable bonds is 5. The molecule has 2 aromatic rings. The maximum Gasteiger partial charge on any atom is 0.226 e. The number of imidazole rings is 1. The molecule has 0 unspecified atom stereocenters. The summed E-state index contributed by atoms with van der Waals surface area (Å²) in [5.41, 5.74) is 0.846. The van der Waals surface area contributed by atoms with Crippen molar-refractivity contribution >= 4 is 22.2 Å². The van der Waals surface area contributed by atoms with Gasteiger partial charge in [-0.2, -0.15) is 0 Å². The van der Waals surface area contributed by atoms with Crippen LogP contribution >= 0.6 is 11.3 Å². The average molecular weight is 306 g/mol. The van der Waals surface area contributed by atoms with Gasteiger partial charge < -0.3 is 10.2 Å². The Labute approximate surface area is 129 Å². The molecule has 5 nitrogen and oxygen atoms in total. The Balaban J connectivity index is 1.46. The SMILES string of the molecule is CCN1CCC[C@@H](CNC(=O)Cc2cn3ccsc3n2)C1. The summed E-state index contributed by atoms with van der Waals surface area (Å²) in [6, 6.07) is 0. The quantitative estimate of drug-likeness (QED) is 0.916. The minimum Gasteiger partial charge on any atom is -0.355 e. The third-order valence-electron chi connectivity index (χ3n) is 4.12. The van der Waals surface area contributed by atoms with Crippen molar-refractivity contribution in [2.75, 3.05) is 26.2 Å². The summed E-state index contributed by atoms with van der Waals surface area (Å²) in [5.74, 6) is 0.669. The molecule has 0 saturated carbocycles. The summed E-state index contributed by atoms with van der Waals surface area (Å²) in [7, 11) is 0. The second-order valence-corrected chi connectivity index (χ2v) is 6.58. The Hall–Kier alpha value is -1.40. The number of likely N-dealkylation sites (tertiary alicyclic amines) is 1. The number of nitrogens with zero attached hydrogens (tertiary/aromatic N) is 3. The van der Waals surface area contributed by atoms with Crippen molar-refractivity contribution in [1.82, 2.24) is 19.6 Å². The summed E-state index contributed by atoms with van der Waals surface area (Å²) in [6.07, 6.45) is 6.74. The van der Waals surface area contributed by atoms with E-state index in [9.17, 15) is 4.79 Å². The predicted molar refractivity (Wildman–Crippen MR) is 84.6 cm³/mol. The Morgan fingerprint density at radius 2 is 2.48 bits per heavy atom. The zero-order valence-electron chi connectivity index (χ0n) is 12.4. The first-order chi connectivity index (χ1) is 10.2. The maximum atomic E-state index is 12.0. The molecule has 114 valence electrons. The number of carbonyl (C=O) groups excluding carboxylic acids is 1. The van der Waals surface area contributed by atoms with Gasteiger partial charge in [0.15, 0.2) is 4.96 Å². The van der Waals surface area contributed by atoms with Gasteiger partial charge in [0.2, 0.25) is 5.91 Å². The van der Waals surface area contributed by atoms with Crippen molar-refractivity contribution in [2.45, 2.75) is 26.2 Å². The number of hydrogen-bond acceptors (Lipinski definition) is 4. The molecule has 6 heteroatoms. The predicted octanol–water partition coefficient (Wildman–Crippen LogP) is 1.79. The van der Waals surface area contributed by atoms with E-state index in [0.29, 0.717) is 12.3 Å². The van der Waals surface area contributed by atoms with Crippen LogP contribution in [0.2, 0.25) is 0 Å². The van der Waals surface area contributed by atoms with E-state index in [2.05, 4.69) is 22.1 Å². The maximum absolute atomic E-state index is 12.0. The van der Waals surface area contributed by atoms with Gasteiger partial charge in [-0.25, -0.2) is 4.98 Å². The fourth-order valence-corrected chi connectivity index (χ4v) is 3.67. The first-order valence-electron chi connectivity index (χ1n) is 7.64. The van der Waals surface area contributed by atoms with Crippen LogP contribution in [0.15, 0.2) is 17.8 Å². The Morgan fingerprint density at radius 3 is 3.29 bits per heavy atom. The van der Waals surface area contributed by atoms with Crippen LogP contribution in [0.5, 0.6) is 0 Å². The van der Waals surface area contributed by atoms with Gasteiger partial charge in [-0.05, 0) is 31.8 Å². The van der Waals surface area contributed by atoms with Crippen LogP contribution in [0, 0.1) is 5.92 Å². The second-order valence-electron chi connectivity index (χ2n) is 5.71. The molecule has 1 aliphatic heterocycles. The highest BCUT2D eigenvalue weighted by atomic mass is 32.1. The molecule has 1 fully saturated rings. The molecule has 2 aromatic heterocycles. The number of nitrogens with one attached hydrogen (secondary N) is 1. The van der Waals surface area contributed by atoms with Gasteiger partial charge in [-0.3, -0.25) is 9.20 Å². The molecule has 1 N–H and O–H groups in total. The van der Waals surface area contributed by atoms with E-state index in [1.165, 1.54) is 19.4 Å². The highest BCUT2D eigenvalue weighted by molar-refractivity contribution is 7.15. The second kappa shape index (κ2) is 6.58. The molecule has 1 amide bonds. The Kier molecular flexibility index (Phi) is 4.55. The van der Waals surface area contributed by atoms with Gasteiger partial charge in [0, 0.05) is 30.9 Å². The standard InChI is InChI=1S/C15H22N4OS/c1-2-18-5-3-4-12(10-18)9-16-14(20)8-13-11-19-6-7-21-15(19)17-13/h6-7,11-12H,2-5,8-10H2,1H3,(H,16,20)/t12-/m0/s1. The first kappa shape index (κ1) is 14.5. The molecule has 21 heavy (non-hydrogen) atoms. The smallest absolute Gasteiger partial charge is 0.226 e. The van der Waals surface area contributed by atoms with E-state index >= 15 is 0 Å². The number of amides is 1. The van der Waals surface area contributed by atoms with Crippen molar-refractivity contribution in [1.29, 1.82) is 0 Å². The van der Waals surface area contributed by atoms with Gasteiger partial charge in [0.05, 0.1) is 12.1 Å². The molecule has 1 atom stereocenters. The van der Waals surface area contributed by atoms with Crippen LogP contribution < -0.4 is 5.32 Å². The van der Waals surface area contributed by atoms with E-state index in [-0.39, 0.29) is 5.91 Å². The summed E-state index contributed by atoms with van der Waals surface area (Å²) < 4.78 is 1.97. The first-order valence-corrected chi connectivity index (χ1v) is 8.52. The molecule has 0 spiro atoms. The number of fused-ring (bicyclic) bond motifs is 1. The van der Waals surface area contributed by atoms with Crippen LogP contribution in [0.25, 0.3) is 4.96 Å². The third kappa shape index (κ3) is 3.63. The summed E-state index contributed by atoms with van der Waals surface area (Å²) in [6.45, 7) is 6.40. The Bertz CT molecular complexity index is 577. The van der Waals surface area contributed by atoms with Crippen LogP contribution in [-0.2, 0) is 11.2 Å². The number of carbonyl (C=O) groups is 1. The molecule has 0 aromatic carbocycles. The molecule has 0 bridgehead atoms. The Morgan fingerprint density at radius 1 is 1.57 bits per heavy atom. The topological polar surface area (TPSA) is 49.6 Å². The third-order valence-corrected chi connectivity index (χ3v) is 4.89. The van der Waals surface area contributed by atoms with E-state index in [0.717, 1.165) is 30.3 Å². The summed E-state index contributed by atoms with van der Waals surface area (Å²) in [5, 5.41) is 5.07. The number of thiazole rings is 1. The molecular formula is C15H22N4OS. The summed E-state index contributed by atoms with van der Waals surface area (Å²) >= 11 is 1.59. The average Bonchev–Trinajstić information content (AvgIpc) is 3.06. The van der Waals surface area contributed by atoms with Crippen LogP contribution in [0.1, 0.15) is 25.5 Å². The molecule has 1 aliphatic rings. The van der Waals surface area contributed by atoms with Crippen molar-refractivity contribution < 1.29 is 4.79 Å². The molecule has 0 radical (unpaired) electrons. The van der Waals surface area contributed by atoms with E-state index < -0.39 is 0 Å². The van der Waals surface area contributed by atoms with E-state index in [1.807, 2.05) is 22.2 Å². The lowest BCUT2D eigenvalue weighted by Crippen LogP contribution is -2.41. The van der Waals surface area contributed by atoms with Crippen molar-refractivity contribution in [3.05, 3.63) is 23.5 Å². The normalized spacial score (nSPS) is 20.0. The number of aromatic nitrogens is 2. The van der Waals surface area contributed by atoms with Crippen molar-refractivity contribution in [3.63, 3.8) is 0 Å². The number of hydrogen-bond donors (Lipinski definition) is 1. The zero-order valence-corrected chi connectivity index (χ0v) is 13.2. The van der Waals surface area contributed by atoms with Gasteiger partial charge in [0.1, 0.15) is 0 Å². The van der Waals surface area contributed by atoms with Gasteiger partial charge in [-0.1, -0.05) is 6.92 Å². The van der Waals surface area contributed by atoms with E-state index in [4.69, 9.17) is 0 Å². The highest BCUT2D eigenvalue weighted by Gasteiger charge is 2.19. The molecular weight excluding hydrogens is 284 g/mol. The minimum absolute atomic E-state index is 0.0781. The molecule has 3 heterocycles. The van der Waals surface area contributed by atoms with Crippen molar-refractivity contribution in [3.8, 4) is 0 Å². The van der Waals surface area contributed by atoms with Crippen molar-refractivity contribution in [2.24, 2.45) is 5.92 Å². The lowest BCUT2D eigenvalue weighted by Gasteiger charge is -2.31. The monoisotopic (exact) mass is 306 g/mol. The lowest BCUT2D eigenvalue weighted by molar-refractivity contribution is -0.120. The van der Waals surface area contributed by atoms with Gasteiger partial charge in [0.25, 0.3) is 0 Å². The van der Waals surface area contributed by atoms with Crippen LogP contribution in [0.4, 0.5) is 0 Å². The van der Waals surface area contributed by atoms with E-state index in [1.54, 1.807) is 11.3 Å². The highest BCUT2D eigenvalue weighted by Crippen LogP contribution is 2.15. The van der Waals surface area contributed by atoms with Gasteiger partial charge >= 0.3 is 0 Å². The largest absolute Gasteiger partial charge is 0.355 e. The lowest BCUT2D eigenvalue weighted by atomic mass is 9.98.